The first-order valence-corrected chi connectivity index (χ1v) is 7.79. The Bertz CT molecular complexity index is 704. The van der Waals surface area contributed by atoms with Gasteiger partial charge in [-0.2, -0.15) is 5.10 Å². The van der Waals surface area contributed by atoms with Crippen LogP contribution in [-0.4, -0.2) is 39.2 Å². The molecule has 3 rings (SSSR count). The van der Waals surface area contributed by atoms with Crippen molar-refractivity contribution >= 4 is 0 Å². The van der Waals surface area contributed by atoms with Crippen molar-refractivity contribution < 1.29 is 14.6 Å². The molecule has 23 heavy (non-hydrogen) atoms. The molecule has 2 heterocycles. The molecule has 1 unspecified atom stereocenters. The Kier molecular flexibility index (Phi) is 4.02. The maximum atomic E-state index is 10.1. The summed E-state index contributed by atoms with van der Waals surface area (Å²) in [6.45, 7) is 6.37. The van der Waals surface area contributed by atoms with Gasteiger partial charge < -0.3 is 14.6 Å². The number of hydrogen-bond donors (Lipinski definition) is 1. The Morgan fingerprint density at radius 1 is 1.43 bits per heavy atom. The SMILES string of the molecule is COc1ccc2c(c1)CC(c1nc(C)nn1CC(C)(C)O)CO2. The molecule has 0 aliphatic carbocycles. The van der Waals surface area contributed by atoms with Crippen molar-refractivity contribution in [3.63, 3.8) is 0 Å². The number of aliphatic hydroxyl groups is 1. The molecule has 1 N–H and O–H groups in total. The fraction of sp³-hybridized carbons (Fsp3) is 0.529. The highest BCUT2D eigenvalue weighted by molar-refractivity contribution is 5.42. The third kappa shape index (κ3) is 3.47. The van der Waals surface area contributed by atoms with Gasteiger partial charge in [0.25, 0.3) is 0 Å². The van der Waals surface area contributed by atoms with Gasteiger partial charge >= 0.3 is 0 Å². The van der Waals surface area contributed by atoms with Crippen molar-refractivity contribution in [1.29, 1.82) is 0 Å². The van der Waals surface area contributed by atoms with Gasteiger partial charge in [-0.1, -0.05) is 0 Å². The average Bonchev–Trinajstić information content (AvgIpc) is 2.84. The van der Waals surface area contributed by atoms with Gasteiger partial charge in [-0.3, -0.25) is 0 Å². The minimum atomic E-state index is -0.842. The number of fused-ring (bicyclic) bond motifs is 1. The molecule has 1 atom stereocenters. The lowest BCUT2D eigenvalue weighted by molar-refractivity contribution is 0.0556. The van der Waals surface area contributed by atoms with Crippen LogP contribution >= 0.6 is 0 Å². The van der Waals surface area contributed by atoms with E-state index in [0.717, 1.165) is 29.3 Å². The molecule has 0 saturated heterocycles. The number of nitrogens with zero attached hydrogens (tertiary/aromatic N) is 3. The summed E-state index contributed by atoms with van der Waals surface area (Å²) in [6.07, 6.45) is 0.816. The normalized spacial score (nSPS) is 17.5. The van der Waals surface area contributed by atoms with Crippen molar-refractivity contribution in [1.82, 2.24) is 14.8 Å². The van der Waals surface area contributed by atoms with Crippen molar-refractivity contribution in [2.24, 2.45) is 0 Å². The van der Waals surface area contributed by atoms with Crippen LogP contribution in [0.3, 0.4) is 0 Å². The summed E-state index contributed by atoms with van der Waals surface area (Å²) in [6, 6.07) is 5.85. The Balaban J connectivity index is 1.88. The topological polar surface area (TPSA) is 69.4 Å². The number of aromatic nitrogens is 3. The number of rotatable bonds is 4. The standard InChI is InChI=1S/C17H23N3O3/c1-11-18-16(20(19-11)10-17(2,3)21)13-7-12-8-14(22-4)5-6-15(12)23-9-13/h5-6,8,13,21H,7,9-10H2,1-4H3. The fourth-order valence-electron chi connectivity index (χ4n) is 2.92. The van der Waals surface area contributed by atoms with E-state index in [1.165, 1.54) is 0 Å². The Morgan fingerprint density at radius 3 is 2.91 bits per heavy atom. The van der Waals surface area contributed by atoms with Gasteiger partial charge in [0, 0.05) is 0 Å². The molecule has 6 nitrogen and oxygen atoms in total. The molecular formula is C17H23N3O3. The lowest BCUT2D eigenvalue weighted by atomic mass is 9.95. The second-order valence-corrected chi connectivity index (χ2v) is 6.67. The lowest BCUT2D eigenvalue weighted by Gasteiger charge is -2.26. The second-order valence-electron chi connectivity index (χ2n) is 6.67. The summed E-state index contributed by atoms with van der Waals surface area (Å²) in [5.74, 6) is 3.39. The molecule has 0 radical (unpaired) electrons. The highest BCUT2D eigenvalue weighted by Gasteiger charge is 2.28. The molecular weight excluding hydrogens is 294 g/mol. The van der Waals surface area contributed by atoms with E-state index < -0.39 is 5.60 Å². The highest BCUT2D eigenvalue weighted by Crippen LogP contribution is 2.34. The van der Waals surface area contributed by atoms with E-state index in [0.29, 0.717) is 19.0 Å². The first-order chi connectivity index (χ1) is 10.9. The number of methoxy groups -OCH3 is 1. The largest absolute Gasteiger partial charge is 0.497 e. The molecule has 1 aromatic carbocycles. The van der Waals surface area contributed by atoms with Crippen molar-refractivity contribution in [2.75, 3.05) is 13.7 Å². The van der Waals surface area contributed by atoms with Crippen LogP contribution in [0.15, 0.2) is 18.2 Å². The number of ether oxygens (including phenoxy) is 2. The van der Waals surface area contributed by atoms with Gasteiger partial charge in [0.15, 0.2) is 0 Å². The van der Waals surface area contributed by atoms with E-state index in [1.54, 1.807) is 25.6 Å². The van der Waals surface area contributed by atoms with Crippen LogP contribution in [0.1, 0.15) is 37.0 Å². The minimum absolute atomic E-state index is 0.109. The molecule has 6 heteroatoms. The summed E-state index contributed by atoms with van der Waals surface area (Å²) in [4.78, 5) is 4.56. The van der Waals surface area contributed by atoms with Crippen LogP contribution in [0.4, 0.5) is 0 Å². The second kappa shape index (κ2) is 5.85. The Labute approximate surface area is 136 Å². The molecule has 1 aliphatic rings. The zero-order valence-electron chi connectivity index (χ0n) is 14.0. The van der Waals surface area contributed by atoms with Gasteiger partial charge in [-0.05, 0) is 51.0 Å². The van der Waals surface area contributed by atoms with E-state index in [4.69, 9.17) is 9.47 Å². The van der Waals surface area contributed by atoms with Crippen LogP contribution in [0.5, 0.6) is 11.5 Å². The smallest absolute Gasteiger partial charge is 0.147 e. The average molecular weight is 317 g/mol. The van der Waals surface area contributed by atoms with Gasteiger partial charge in [-0.15, -0.1) is 0 Å². The predicted octanol–water partition coefficient (Wildman–Crippen LogP) is 2.08. The zero-order chi connectivity index (χ0) is 16.6. The molecule has 0 fully saturated rings. The number of benzene rings is 1. The summed E-state index contributed by atoms with van der Waals surface area (Å²) in [7, 11) is 1.66. The Morgan fingerprint density at radius 2 is 2.22 bits per heavy atom. The molecule has 2 aromatic rings. The van der Waals surface area contributed by atoms with Crippen molar-refractivity contribution in [2.45, 2.75) is 45.3 Å². The minimum Gasteiger partial charge on any atom is -0.497 e. The molecule has 0 spiro atoms. The van der Waals surface area contributed by atoms with E-state index in [9.17, 15) is 5.11 Å². The van der Waals surface area contributed by atoms with E-state index in [2.05, 4.69) is 10.1 Å². The maximum Gasteiger partial charge on any atom is 0.147 e. The first kappa shape index (κ1) is 15.8. The molecule has 0 amide bonds. The Hall–Kier alpha value is -2.08. The molecule has 1 aromatic heterocycles. The summed E-state index contributed by atoms with van der Waals surface area (Å²) < 4.78 is 13.0. The van der Waals surface area contributed by atoms with E-state index >= 15 is 0 Å². The maximum absolute atomic E-state index is 10.1. The predicted molar refractivity (Wildman–Crippen MR) is 86.0 cm³/mol. The van der Waals surface area contributed by atoms with Crippen molar-refractivity contribution in [3.8, 4) is 11.5 Å². The van der Waals surface area contributed by atoms with Gasteiger partial charge in [0.1, 0.15) is 23.1 Å². The lowest BCUT2D eigenvalue weighted by Crippen LogP contribution is -2.30. The molecule has 0 bridgehead atoms. The zero-order valence-corrected chi connectivity index (χ0v) is 14.0. The quantitative estimate of drug-likeness (QED) is 0.935. The highest BCUT2D eigenvalue weighted by atomic mass is 16.5. The molecule has 1 aliphatic heterocycles. The van der Waals surface area contributed by atoms with Crippen LogP contribution in [0.2, 0.25) is 0 Å². The fourth-order valence-corrected chi connectivity index (χ4v) is 2.92. The molecule has 124 valence electrons. The number of hydrogen-bond acceptors (Lipinski definition) is 5. The third-order valence-corrected chi connectivity index (χ3v) is 3.88. The van der Waals surface area contributed by atoms with Crippen LogP contribution < -0.4 is 9.47 Å². The van der Waals surface area contributed by atoms with Crippen LogP contribution in [0, 0.1) is 6.92 Å². The summed E-state index contributed by atoms with van der Waals surface area (Å²) >= 11 is 0. The van der Waals surface area contributed by atoms with Crippen molar-refractivity contribution in [3.05, 3.63) is 35.4 Å². The van der Waals surface area contributed by atoms with Gasteiger partial charge in [-0.25, -0.2) is 9.67 Å². The first-order valence-electron chi connectivity index (χ1n) is 7.79. The summed E-state index contributed by atoms with van der Waals surface area (Å²) in [5, 5.41) is 14.5. The van der Waals surface area contributed by atoms with Crippen LogP contribution in [-0.2, 0) is 13.0 Å². The summed E-state index contributed by atoms with van der Waals surface area (Å²) in [5.41, 5.74) is 0.266. The van der Waals surface area contributed by atoms with Gasteiger partial charge in [0.2, 0.25) is 0 Å². The molecule has 0 saturated carbocycles. The van der Waals surface area contributed by atoms with E-state index in [1.807, 2.05) is 25.1 Å². The number of aryl methyl sites for hydroxylation is 1. The van der Waals surface area contributed by atoms with E-state index in [-0.39, 0.29) is 5.92 Å². The monoisotopic (exact) mass is 317 g/mol. The van der Waals surface area contributed by atoms with Gasteiger partial charge in [0.05, 0.1) is 31.8 Å². The third-order valence-electron chi connectivity index (χ3n) is 3.88. The van der Waals surface area contributed by atoms with Crippen LogP contribution in [0.25, 0.3) is 0 Å².